The second-order valence-electron chi connectivity index (χ2n) is 5.71. The average molecular weight is 351 g/mol. The van der Waals surface area contributed by atoms with Gasteiger partial charge in [-0.1, -0.05) is 18.2 Å². The van der Waals surface area contributed by atoms with Gasteiger partial charge in [0.15, 0.2) is 11.5 Å². The molecule has 0 aliphatic carbocycles. The molecule has 0 fully saturated rings. The third-order valence-electron chi connectivity index (χ3n) is 4.37. The van der Waals surface area contributed by atoms with E-state index >= 15 is 0 Å². The Balaban J connectivity index is 2.17. The minimum atomic E-state index is -0.459. The Morgan fingerprint density at radius 2 is 1.69 bits per heavy atom. The summed E-state index contributed by atoms with van der Waals surface area (Å²) in [7, 11) is 4.60. The first kappa shape index (κ1) is 16.1. The van der Waals surface area contributed by atoms with Crippen LogP contribution < -0.4 is 19.8 Å². The van der Waals surface area contributed by atoms with Crippen LogP contribution in [0.3, 0.4) is 0 Å². The van der Waals surface area contributed by atoms with E-state index in [4.69, 9.17) is 18.6 Å². The molecule has 0 unspecified atom stereocenters. The van der Waals surface area contributed by atoms with Gasteiger partial charge in [-0.15, -0.1) is 0 Å². The van der Waals surface area contributed by atoms with Crippen molar-refractivity contribution in [2.24, 2.45) is 0 Å². The van der Waals surface area contributed by atoms with Crippen LogP contribution in [0, 0.1) is 0 Å². The molecule has 26 heavy (non-hydrogen) atoms. The largest absolute Gasteiger partial charge is 0.493 e. The van der Waals surface area contributed by atoms with E-state index in [9.17, 15) is 4.79 Å². The van der Waals surface area contributed by atoms with Crippen molar-refractivity contribution in [1.29, 1.82) is 0 Å². The highest BCUT2D eigenvalue weighted by Gasteiger charge is 2.22. The van der Waals surface area contributed by atoms with Crippen LogP contribution >= 0.6 is 0 Å². The molecule has 2 aromatic carbocycles. The van der Waals surface area contributed by atoms with Crippen LogP contribution in [0.2, 0.25) is 0 Å². The zero-order valence-corrected chi connectivity index (χ0v) is 14.6. The zero-order valence-electron chi connectivity index (χ0n) is 14.6. The summed E-state index contributed by atoms with van der Waals surface area (Å²) in [6.07, 6.45) is 1.91. The van der Waals surface area contributed by atoms with E-state index in [1.165, 1.54) is 20.3 Å². The molecular weight excluding hydrogens is 334 g/mol. The third kappa shape index (κ3) is 2.30. The molecule has 0 saturated carbocycles. The Bertz CT molecular complexity index is 1170. The normalized spacial score (nSPS) is 11.0. The summed E-state index contributed by atoms with van der Waals surface area (Å²) < 4.78 is 23.8. The van der Waals surface area contributed by atoms with Gasteiger partial charge in [-0.3, -0.25) is 0 Å². The second-order valence-corrected chi connectivity index (χ2v) is 5.71. The number of hydrogen-bond acceptors (Lipinski definition) is 5. The van der Waals surface area contributed by atoms with Crippen molar-refractivity contribution in [2.75, 3.05) is 21.3 Å². The molecule has 0 atom stereocenters. The number of aromatic nitrogens is 1. The maximum absolute atomic E-state index is 12.2. The Labute approximate surface area is 149 Å². The van der Waals surface area contributed by atoms with Crippen molar-refractivity contribution >= 4 is 21.9 Å². The highest BCUT2D eigenvalue weighted by molar-refractivity contribution is 5.97. The molecule has 4 rings (SSSR count). The van der Waals surface area contributed by atoms with Gasteiger partial charge >= 0.3 is 5.63 Å². The first-order valence-corrected chi connectivity index (χ1v) is 8.01. The molecule has 6 nitrogen and oxygen atoms in total. The maximum atomic E-state index is 12.2. The van der Waals surface area contributed by atoms with Crippen molar-refractivity contribution < 1.29 is 18.6 Å². The molecule has 0 aliphatic heterocycles. The van der Waals surface area contributed by atoms with Crippen LogP contribution in [0.15, 0.2) is 57.9 Å². The van der Waals surface area contributed by atoms with Crippen LogP contribution in [0.25, 0.3) is 27.6 Å². The third-order valence-corrected chi connectivity index (χ3v) is 4.37. The quantitative estimate of drug-likeness (QED) is 0.524. The lowest BCUT2D eigenvalue weighted by molar-refractivity contribution is 0.326. The molecule has 2 aromatic heterocycles. The molecule has 0 radical (unpaired) electrons. The molecule has 0 saturated heterocycles. The summed E-state index contributed by atoms with van der Waals surface area (Å²) in [6, 6.07) is 13.0. The molecule has 132 valence electrons. The molecular formula is C20H17NO5. The minimum absolute atomic E-state index is 0.361. The van der Waals surface area contributed by atoms with Crippen molar-refractivity contribution in [1.82, 2.24) is 4.57 Å². The fourth-order valence-corrected chi connectivity index (χ4v) is 3.26. The van der Waals surface area contributed by atoms with Gasteiger partial charge in [0, 0.05) is 18.3 Å². The number of benzene rings is 2. The number of para-hydroxylation sites is 1. The Morgan fingerprint density at radius 3 is 2.42 bits per heavy atom. The number of hydrogen-bond donors (Lipinski definition) is 0. The number of methoxy groups -OCH3 is 3. The smallest absolute Gasteiger partial charge is 0.338 e. The minimum Gasteiger partial charge on any atom is -0.493 e. The lowest BCUT2D eigenvalue weighted by Crippen LogP contribution is -2.05. The summed E-state index contributed by atoms with van der Waals surface area (Å²) >= 11 is 0. The molecule has 6 heteroatoms. The SMILES string of the molecule is COc1cc2oc(=O)cc(-n3ccc4ccccc43)c2c(OC)c1OC. The molecule has 0 spiro atoms. The standard InChI is InChI=1S/C20H17NO5/c1-23-16-11-15-18(20(25-3)19(16)24-2)14(10-17(22)26-15)21-9-8-12-6-4-5-7-13(12)21/h4-11H,1-3H3. The number of ether oxygens (including phenoxy) is 3. The molecule has 0 aliphatic rings. The average Bonchev–Trinajstić information content (AvgIpc) is 3.09. The van der Waals surface area contributed by atoms with Crippen LogP contribution in [-0.4, -0.2) is 25.9 Å². The first-order chi connectivity index (χ1) is 12.7. The van der Waals surface area contributed by atoms with Gasteiger partial charge in [-0.2, -0.15) is 0 Å². The van der Waals surface area contributed by atoms with Crippen molar-refractivity contribution in [2.45, 2.75) is 0 Å². The van der Waals surface area contributed by atoms with Gasteiger partial charge in [-0.25, -0.2) is 4.79 Å². The maximum Gasteiger partial charge on any atom is 0.338 e. The molecule has 4 aromatic rings. The van der Waals surface area contributed by atoms with Crippen LogP contribution in [-0.2, 0) is 0 Å². The highest BCUT2D eigenvalue weighted by Crippen LogP contribution is 2.45. The number of nitrogens with zero attached hydrogens (tertiary/aromatic N) is 1. The first-order valence-electron chi connectivity index (χ1n) is 8.01. The van der Waals surface area contributed by atoms with E-state index in [-0.39, 0.29) is 0 Å². The van der Waals surface area contributed by atoms with E-state index < -0.39 is 5.63 Å². The summed E-state index contributed by atoms with van der Waals surface area (Å²) in [6.45, 7) is 0. The predicted octanol–water partition coefficient (Wildman–Crippen LogP) is 3.76. The number of rotatable bonds is 4. The van der Waals surface area contributed by atoms with Crippen LogP contribution in [0.1, 0.15) is 0 Å². The summed E-state index contributed by atoms with van der Waals surface area (Å²) in [5.74, 6) is 1.31. The highest BCUT2D eigenvalue weighted by atomic mass is 16.5. The fraction of sp³-hybridized carbons (Fsp3) is 0.150. The van der Waals surface area contributed by atoms with Gasteiger partial charge in [0.25, 0.3) is 0 Å². The Kier molecular flexibility index (Phi) is 3.80. The summed E-state index contributed by atoms with van der Waals surface area (Å²) in [5, 5.41) is 1.69. The molecule has 0 N–H and O–H groups in total. The summed E-state index contributed by atoms with van der Waals surface area (Å²) in [5.41, 5.74) is 1.52. The van der Waals surface area contributed by atoms with E-state index in [1.807, 2.05) is 41.1 Å². The van der Waals surface area contributed by atoms with Gasteiger partial charge < -0.3 is 23.2 Å². The van der Waals surface area contributed by atoms with Gasteiger partial charge in [0.05, 0.1) is 37.9 Å². The number of fused-ring (bicyclic) bond motifs is 2. The zero-order chi connectivity index (χ0) is 18.3. The van der Waals surface area contributed by atoms with E-state index in [2.05, 4.69) is 0 Å². The Morgan fingerprint density at radius 1 is 0.923 bits per heavy atom. The van der Waals surface area contributed by atoms with Gasteiger partial charge in [0.1, 0.15) is 5.58 Å². The van der Waals surface area contributed by atoms with E-state index in [1.54, 1.807) is 13.2 Å². The molecule has 2 heterocycles. The predicted molar refractivity (Wildman–Crippen MR) is 99.0 cm³/mol. The van der Waals surface area contributed by atoms with E-state index in [0.717, 1.165) is 10.9 Å². The molecule has 0 amide bonds. The Hall–Kier alpha value is -3.41. The van der Waals surface area contributed by atoms with Crippen LogP contribution in [0.4, 0.5) is 0 Å². The van der Waals surface area contributed by atoms with Gasteiger partial charge in [-0.05, 0) is 17.5 Å². The molecule has 0 bridgehead atoms. The van der Waals surface area contributed by atoms with Crippen molar-refractivity contribution in [3.8, 4) is 22.9 Å². The lowest BCUT2D eigenvalue weighted by Gasteiger charge is -2.16. The van der Waals surface area contributed by atoms with Gasteiger partial charge in [0.2, 0.25) is 5.75 Å². The fourth-order valence-electron chi connectivity index (χ4n) is 3.26. The van der Waals surface area contributed by atoms with Crippen LogP contribution in [0.5, 0.6) is 17.2 Å². The van der Waals surface area contributed by atoms with Crippen molar-refractivity contribution in [3.63, 3.8) is 0 Å². The lowest BCUT2D eigenvalue weighted by atomic mass is 10.1. The topological polar surface area (TPSA) is 62.8 Å². The monoisotopic (exact) mass is 351 g/mol. The summed E-state index contributed by atoms with van der Waals surface area (Å²) in [4.78, 5) is 12.2. The second kappa shape index (κ2) is 6.15. The van der Waals surface area contributed by atoms with E-state index in [0.29, 0.717) is 33.9 Å². The van der Waals surface area contributed by atoms with Crippen molar-refractivity contribution in [3.05, 3.63) is 59.1 Å².